The second-order valence-electron chi connectivity index (χ2n) is 4.97. The summed E-state index contributed by atoms with van der Waals surface area (Å²) in [5.41, 5.74) is 7.01. The van der Waals surface area contributed by atoms with Gasteiger partial charge in [-0.1, -0.05) is 0 Å². The number of nitrogens with two attached hydrogens (primary N) is 1. The third-order valence-electron chi connectivity index (χ3n) is 3.42. The van der Waals surface area contributed by atoms with Gasteiger partial charge in [0.15, 0.2) is 5.13 Å². The number of rotatable bonds is 5. The summed E-state index contributed by atoms with van der Waals surface area (Å²) in [5.74, 6) is 1.03. The minimum atomic E-state index is -0.351. The fraction of sp³-hybridized carbons (Fsp3) is 0.692. The number of hydrogen-bond acceptors (Lipinski definition) is 6. The summed E-state index contributed by atoms with van der Waals surface area (Å²) in [7, 11) is 0. The quantitative estimate of drug-likeness (QED) is 0.884. The van der Waals surface area contributed by atoms with E-state index in [1.54, 1.807) is 23.1 Å². The van der Waals surface area contributed by atoms with Crippen molar-refractivity contribution < 1.29 is 4.79 Å². The lowest BCUT2D eigenvalue weighted by Crippen LogP contribution is -2.53. The minimum absolute atomic E-state index is 0.0917. The van der Waals surface area contributed by atoms with Crippen LogP contribution in [0.25, 0.3) is 0 Å². The average Bonchev–Trinajstić information content (AvgIpc) is 2.90. The number of thioether (sulfide) groups is 1. The monoisotopic (exact) mass is 314 g/mol. The van der Waals surface area contributed by atoms with Crippen LogP contribution in [0.15, 0.2) is 5.38 Å². The number of piperazine rings is 1. The third-order valence-corrected chi connectivity index (χ3v) is 5.08. The van der Waals surface area contributed by atoms with Gasteiger partial charge in [0.2, 0.25) is 5.91 Å². The zero-order valence-corrected chi connectivity index (χ0v) is 13.7. The lowest BCUT2D eigenvalue weighted by molar-refractivity contribution is -0.132. The van der Waals surface area contributed by atoms with Gasteiger partial charge in [0.25, 0.3) is 0 Å². The molecule has 0 aliphatic carbocycles. The fourth-order valence-electron chi connectivity index (χ4n) is 2.21. The van der Waals surface area contributed by atoms with Crippen LogP contribution < -0.4 is 10.6 Å². The van der Waals surface area contributed by atoms with Crippen molar-refractivity contribution in [2.24, 2.45) is 5.73 Å². The normalized spacial score (nSPS) is 17.4. The van der Waals surface area contributed by atoms with E-state index in [1.165, 1.54) is 0 Å². The van der Waals surface area contributed by atoms with E-state index in [0.29, 0.717) is 0 Å². The number of carbonyl (C=O) groups is 1. The molecule has 1 fully saturated rings. The molecule has 20 heavy (non-hydrogen) atoms. The van der Waals surface area contributed by atoms with Gasteiger partial charge in [0.1, 0.15) is 0 Å². The molecule has 1 unspecified atom stereocenters. The fourth-order valence-corrected chi connectivity index (χ4v) is 3.55. The van der Waals surface area contributed by atoms with E-state index in [-0.39, 0.29) is 11.9 Å². The minimum Gasteiger partial charge on any atom is -0.345 e. The smallest absolute Gasteiger partial charge is 0.239 e. The number of carbonyl (C=O) groups excluding carboxylic acids is 1. The van der Waals surface area contributed by atoms with Crippen molar-refractivity contribution in [3.8, 4) is 0 Å². The number of aromatic nitrogens is 1. The third kappa shape index (κ3) is 3.86. The molecule has 5 nitrogen and oxygen atoms in total. The highest BCUT2D eigenvalue weighted by Crippen LogP contribution is 2.21. The maximum absolute atomic E-state index is 12.2. The van der Waals surface area contributed by atoms with Crippen LogP contribution >= 0.6 is 23.1 Å². The van der Waals surface area contributed by atoms with Gasteiger partial charge in [0.05, 0.1) is 11.7 Å². The number of hydrogen-bond donors (Lipinski definition) is 1. The highest BCUT2D eigenvalue weighted by molar-refractivity contribution is 7.98. The van der Waals surface area contributed by atoms with Gasteiger partial charge in [-0.15, -0.1) is 11.3 Å². The summed E-state index contributed by atoms with van der Waals surface area (Å²) in [4.78, 5) is 20.8. The van der Waals surface area contributed by atoms with Gasteiger partial charge < -0.3 is 15.5 Å². The molecular formula is C13H22N4OS2. The Labute approximate surface area is 128 Å². The number of aryl methyl sites for hydroxylation is 1. The van der Waals surface area contributed by atoms with Gasteiger partial charge in [-0.05, 0) is 25.4 Å². The molecule has 0 saturated carbocycles. The standard InChI is InChI=1S/C13H22N4OS2/c1-10-9-20-13(15-10)17-6-4-16(5-7-17)12(18)11(14)3-8-19-2/h9,11H,3-8,14H2,1-2H3. The summed E-state index contributed by atoms with van der Waals surface area (Å²) in [6, 6.07) is -0.351. The molecule has 1 aliphatic heterocycles. The van der Waals surface area contributed by atoms with Crippen LogP contribution in [-0.4, -0.2) is 60.0 Å². The first-order valence-electron chi connectivity index (χ1n) is 6.82. The Kier molecular flexibility index (Phi) is 5.68. The van der Waals surface area contributed by atoms with E-state index in [0.717, 1.165) is 49.2 Å². The first-order chi connectivity index (χ1) is 9.61. The second-order valence-corrected chi connectivity index (χ2v) is 6.79. The average molecular weight is 314 g/mol. The molecule has 2 N–H and O–H groups in total. The Morgan fingerprint density at radius 2 is 2.20 bits per heavy atom. The van der Waals surface area contributed by atoms with E-state index in [2.05, 4.69) is 15.3 Å². The highest BCUT2D eigenvalue weighted by atomic mass is 32.2. The molecule has 0 spiro atoms. The van der Waals surface area contributed by atoms with Crippen LogP contribution in [0.4, 0.5) is 5.13 Å². The van der Waals surface area contributed by atoms with Crippen molar-refractivity contribution in [2.75, 3.05) is 43.1 Å². The van der Waals surface area contributed by atoms with Crippen molar-refractivity contribution in [3.63, 3.8) is 0 Å². The molecule has 0 aromatic carbocycles. The van der Waals surface area contributed by atoms with Crippen LogP contribution in [0, 0.1) is 6.92 Å². The maximum atomic E-state index is 12.2. The number of amides is 1. The zero-order valence-electron chi connectivity index (χ0n) is 12.0. The molecule has 7 heteroatoms. The first-order valence-corrected chi connectivity index (χ1v) is 9.09. The Hall–Kier alpha value is -0.790. The summed E-state index contributed by atoms with van der Waals surface area (Å²) >= 11 is 3.40. The van der Waals surface area contributed by atoms with E-state index in [1.807, 2.05) is 18.1 Å². The predicted molar refractivity (Wildman–Crippen MR) is 86.6 cm³/mol. The van der Waals surface area contributed by atoms with Crippen LogP contribution in [0.1, 0.15) is 12.1 Å². The van der Waals surface area contributed by atoms with Crippen molar-refractivity contribution in [1.82, 2.24) is 9.88 Å². The molecule has 1 atom stereocenters. The van der Waals surface area contributed by atoms with Crippen molar-refractivity contribution in [2.45, 2.75) is 19.4 Å². The molecule has 112 valence electrons. The molecule has 1 aliphatic rings. The van der Waals surface area contributed by atoms with Crippen LogP contribution in [0.3, 0.4) is 0 Å². The predicted octanol–water partition coefficient (Wildman–Crippen LogP) is 1.18. The largest absolute Gasteiger partial charge is 0.345 e. The topological polar surface area (TPSA) is 62.5 Å². The second kappa shape index (κ2) is 7.28. The molecule has 2 rings (SSSR count). The molecule has 1 amide bonds. The molecule has 1 saturated heterocycles. The van der Waals surface area contributed by atoms with Gasteiger partial charge in [-0.3, -0.25) is 4.79 Å². The summed E-state index contributed by atoms with van der Waals surface area (Å²) in [6.07, 6.45) is 2.79. The number of nitrogens with zero attached hydrogens (tertiary/aromatic N) is 3. The van der Waals surface area contributed by atoms with Crippen LogP contribution in [-0.2, 0) is 4.79 Å². The van der Waals surface area contributed by atoms with Crippen molar-refractivity contribution in [1.29, 1.82) is 0 Å². The van der Waals surface area contributed by atoms with Crippen molar-refractivity contribution >= 4 is 34.1 Å². The Bertz CT molecular complexity index is 443. The van der Waals surface area contributed by atoms with E-state index < -0.39 is 0 Å². The van der Waals surface area contributed by atoms with Crippen LogP contribution in [0.5, 0.6) is 0 Å². The molecule has 2 heterocycles. The molecule has 1 aromatic rings. The number of anilines is 1. The van der Waals surface area contributed by atoms with E-state index in [4.69, 9.17) is 5.73 Å². The zero-order chi connectivity index (χ0) is 14.5. The Balaban J connectivity index is 1.83. The van der Waals surface area contributed by atoms with Gasteiger partial charge in [-0.2, -0.15) is 11.8 Å². The number of thiazole rings is 1. The van der Waals surface area contributed by atoms with Gasteiger partial charge in [-0.25, -0.2) is 4.98 Å². The molecular weight excluding hydrogens is 292 g/mol. The van der Waals surface area contributed by atoms with Crippen LogP contribution in [0.2, 0.25) is 0 Å². The van der Waals surface area contributed by atoms with Gasteiger partial charge in [0, 0.05) is 31.6 Å². The first kappa shape index (κ1) is 15.6. The van der Waals surface area contributed by atoms with E-state index >= 15 is 0 Å². The summed E-state index contributed by atoms with van der Waals surface area (Å²) in [6.45, 7) is 5.17. The molecule has 1 aromatic heterocycles. The van der Waals surface area contributed by atoms with E-state index in [9.17, 15) is 4.79 Å². The SMILES string of the molecule is CSCCC(N)C(=O)N1CCN(c2nc(C)cs2)CC1. The highest BCUT2D eigenvalue weighted by Gasteiger charge is 2.25. The Morgan fingerprint density at radius 1 is 1.50 bits per heavy atom. The molecule has 0 bridgehead atoms. The van der Waals surface area contributed by atoms with Crippen molar-refractivity contribution in [3.05, 3.63) is 11.1 Å². The van der Waals surface area contributed by atoms with Gasteiger partial charge >= 0.3 is 0 Å². The summed E-state index contributed by atoms with van der Waals surface area (Å²) in [5, 5.41) is 3.12. The lowest BCUT2D eigenvalue weighted by Gasteiger charge is -2.35. The maximum Gasteiger partial charge on any atom is 0.239 e. The summed E-state index contributed by atoms with van der Waals surface area (Å²) < 4.78 is 0. The molecule has 0 radical (unpaired) electrons. The lowest BCUT2D eigenvalue weighted by atomic mass is 10.2. The Morgan fingerprint density at radius 3 is 2.75 bits per heavy atom.